The van der Waals surface area contributed by atoms with E-state index in [1.807, 2.05) is 0 Å². The van der Waals surface area contributed by atoms with Crippen molar-refractivity contribution in [2.75, 3.05) is 7.11 Å². The summed E-state index contributed by atoms with van der Waals surface area (Å²) >= 11 is 3.33. The SMILES string of the molecule is COc1cc(/C=C/C(=O)c2ccc(Br)cc2)ccc1OC(=O)c1ccc([N+](=O)[O-])cc1. The molecule has 0 heterocycles. The molecule has 3 aromatic carbocycles. The average Bonchev–Trinajstić information content (AvgIpc) is 2.78. The van der Waals surface area contributed by atoms with Gasteiger partial charge < -0.3 is 9.47 Å². The molecule has 0 aliphatic heterocycles. The molecule has 0 aliphatic rings. The normalized spacial score (nSPS) is 10.6. The minimum Gasteiger partial charge on any atom is -0.493 e. The highest BCUT2D eigenvalue weighted by atomic mass is 79.9. The smallest absolute Gasteiger partial charge is 0.343 e. The van der Waals surface area contributed by atoms with E-state index in [9.17, 15) is 19.7 Å². The average molecular weight is 482 g/mol. The molecule has 31 heavy (non-hydrogen) atoms. The Kier molecular flexibility index (Phi) is 6.94. The third-order valence-electron chi connectivity index (χ3n) is 4.26. The second-order valence-corrected chi connectivity index (χ2v) is 7.22. The number of non-ortho nitro benzene ring substituents is 1. The number of hydrogen-bond acceptors (Lipinski definition) is 6. The van der Waals surface area contributed by atoms with Gasteiger partial charge in [-0.2, -0.15) is 0 Å². The molecule has 3 aromatic rings. The number of nitrogens with zero attached hydrogens (tertiary/aromatic N) is 1. The fraction of sp³-hybridized carbons (Fsp3) is 0.0435. The van der Waals surface area contributed by atoms with E-state index >= 15 is 0 Å². The molecule has 0 amide bonds. The number of methoxy groups -OCH3 is 1. The highest BCUT2D eigenvalue weighted by Crippen LogP contribution is 2.29. The summed E-state index contributed by atoms with van der Waals surface area (Å²) in [7, 11) is 1.43. The number of nitro benzene ring substituents is 1. The van der Waals surface area contributed by atoms with Crippen molar-refractivity contribution >= 4 is 39.4 Å². The van der Waals surface area contributed by atoms with Crippen molar-refractivity contribution in [3.8, 4) is 11.5 Å². The van der Waals surface area contributed by atoms with E-state index in [0.29, 0.717) is 16.9 Å². The molecular weight excluding hydrogens is 466 g/mol. The van der Waals surface area contributed by atoms with E-state index in [4.69, 9.17) is 9.47 Å². The first kappa shape index (κ1) is 21.9. The number of ketones is 1. The van der Waals surface area contributed by atoms with Crippen molar-refractivity contribution in [1.82, 2.24) is 0 Å². The molecule has 7 nitrogen and oxygen atoms in total. The number of rotatable bonds is 7. The first-order valence-corrected chi connectivity index (χ1v) is 9.79. The van der Waals surface area contributed by atoms with Gasteiger partial charge >= 0.3 is 5.97 Å². The number of hydrogen-bond donors (Lipinski definition) is 0. The standard InChI is InChI=1S/C23H16BrNO6/c1-30-22-14-15(2-12-20(26)16-4-8-18(24)9-5-16)3-13-21(22)31-23(27)17-6-10-19(11-7-17)25(28)29/h2-14H,1H3/b12-2+. The van der Waals surface area contributed by atoms with Gasteiger partial charge in [-0.1, -0.05) is 28.1 Å². The molecule has 0 aromatic heterocycles. The van der Waals surface area contributed by atoms with E-state index in [0.717, 1.165) is 4.47 Å². The number of allylic oxidation sites excluding steroid dienone is 1. The Hall–Kier alpha value is -3.78. The minimum atomic E-state index is -0.679. The molecule has 0 radical (unpaired) electrons. The van der Waals surface area contributed by atoms with E-state index in [1.54, 1.807) is 48.5 Å². The van der Waals surface area contributed by atoms with Crippen molar-refractivity contribution in [3.05, 3.63) is 104 Å². The third-order valence-corrected chi connectivity index (χ3v) is 4.79. The first-order chi connectivity index (χ1) is 14.9. The molecule has 0 aliphatic carbocycles. The van der Waals surface area contributed by atoms with Crippen LogP contribution in [0, 0.1) is 10.1 Å². The summed E-state index contributed by atoms with van der Waals surface area (Å²) in [5, 5.41) is 10.7. The molecule has 0 N–H and O–H groups in total. The van der Waals surface area contributed by atoms with Crippen LogP contribution in [0.1, 0.15) is 26.3 Å². The van der Waals surface area contributed by atoms with Crippen molar-refractivity contribution in [1.29, 1.82) is 0 Å². The lowest BCUT2D eigenvalue weighted by Gasteiger charge is -2.10. The summed E-state index contributed by atoms with van der Waals surface area (Å²) in [5.41, 5.74) is 1.28. The molecule has 3 rings (SSSR count). The molecule has 8 heteroatoms. The Bertz CT molecular complexity index is 1150. The Morgan fingerprint density at radius 3 is 2.19 bits per heavy atom. The van der Waals surface area contributed by atoms with Gasteiger partial charge in [0.2, 0.25) is 0 Å². The van der Waals surface area contributed by atoms with Gasteiger partial charge in [-0.3, -0.25) is 14.9 Å². The van der Waals surface area contributed by atoms with Crippen LogP contribution in [0.25, 0.3) is 6.08 Å². The highest BCUT2D eigenvalue weighted by molar-refractivity contribution is 9.10. The van der Waals surface area contributed by atoms with E-state index < -0.39 is 10.9 Å². The fourth-order valence-corrected chi connectivity index (χ4v) is 2.90. The largest absolute Gasteiger partial charge is 0.493 e. The minimum absolute atomic E-state index is 0.122. The quantitative estimate of drug-likeness (QED) is 0.111. The number of benzene rings is 3. The lowest BCUT2D eigenvalue weighted by Crippen LogP contribution is -2.09. The van der Waals surface area contributed by atoms with E-state index in [1.165, 1.54) is 37.5 Å². The lowest BCUT2D eigenvalue weighted by atomic mass is 10.1. The highest BCUT2D eigenvalue weighted by Gasteiger charge is 2.14. The predicted octanol–water partition coefficient (Wildman–Crippen LogP) is 5.48. The Balaban J connectivity index is 1.73. The van der Waals surface area contributed by atoms with Crippen LogP contribution in [-0.4, -0.2) is 23.8 Å². The van der Waals surface area contributed by atoms with Gasteiger partial charge in [0.15, 0.2) is 17.3 Å². The number of carbonyl (C=O) groups excluding carboxylic acids is 2. The fourth-order valence-electron chi connectivity index (χ4n) is 2.63. The molecule has 0 saturated heterocycles. The zero-order chi connectivity index (χ0) is 22.4. The summed E-state index contributed by atoms with van der Waals surface area (Å²) in [6.07, 6.45) is 3.08. The summed E-state index contributed by atoms with van der Waals surface area (Å²) < 4.78 is 11.5. The number of nitro groups is 1. The maximum Gasteiger partial charge on any atom is 0.343 e. The van der Waals surface area contributed by atoms with Gasteiger partial charge in [-0.15, -0.1) is 0 Å². The van der Waals surface area contributed by atoms with Gasteiger partial charge in [-0.05, 0) is 60.2 Å². The molecule has 156 valence electrons. The zero-order valence-corrected chi connectivity index (χ0v) is 17.9. The van der Waals surface area contributed by atoms with Crippen molar-refractivity contribution < 1.29 is 24.0 Å². The van der Waals surface area contributed by atoms with Crippen LogP contribution in [0.15, 0.2) is 77.3 Å². The second-order valence-electron chi connectivity index (χ2n) is 6.31. The Morgan fingerprint density at radius 1 is 0.935 bits per heavy atom. The summed E-state index contributed by atoms with van der Waals surface area (Å²) in [4.78, 5) is 34.8. The molecule has 0 atom stereocenters. The van der Waals surface area contributed by atoms with Crippen LogP contribution in [0.4, 0.5) is 5.69 Å². The second kappa shape index (κ2) is 9.82. The monoisotopic (exact) mass is 481 g/mol. The molecule has 0 fully saturated rings. The number of ether oxygens (including phenoxy) is 2. The molecule has 0 saturated carbocycles. The van der Waals surface area contributed by atoms with Gasteiger partial charge in [0.05, 0.1) is 17.6 Å². The van der Waals surface area contributed by atoms with Crippen molar-refractivity contribution in [2.45, 2.75) is 0 Å². The summed E-state index contributed by atoms with van der Waals surface area (Å²) in [6, 6.07) is 17.0. The van der Waals surface area contributed by atoms with Crippen molar-refractivity contribution in [2.24, 2.45) is 0 Å². The van der Waals surface area contributed by atoms with Gasteiger partial charge in [-0.25, -0.2) is 4.79 Å². The Labute approximate surface area is 186 Å². The van der Waals surface area contributed by atoms with Crippen LogP contribution in [0.5, 0.6) is 11.5 Å². The van der Waals surface area contributed by atoms with Gasteiger partial charge in [0.1, 0.15) is 0 Å². The van der Waals surface area contributed by atoms with Crippen LogP contribution < -0.4 is 9.47 Å². The van der Waals surface area contributed by atoms with Gasteiger partial charge in [0.25, 0.3) is 5.69 Å². The van der Waals surface area contributed by atoms with E-state index in [2.05, 4.69) is 15.9 Å². The number of carbonyl (C=O) groups is 2. The van der Waals surface area contributed by atoms with E-state index in [-0.39, 0.29) is 22.8 Å². The maximum absolute atomic E-state index is 12.3. The first-order valence-electron chi connectivity index (χ1n) is 9.00. The van der Waals surface area contributed by atoms with Crippen LogP contribution in [-0.2, 0) is 0 Å². The summed E-state index contributed by atoms with van der Waals surface area (Å²) in [5.74, 6) is -0.349. The Morgan fingerprint density at radius 2 is 1.58 bits per heavy atom. The zero-order valence-electron chi connectivity index (χ0n) is 16.3. The molecule has 0 bridgehead atoms. The molecule has 0 spiro atoms. The van der Waals surface area contributed by atoms with Crippen LogP contribution in [0.3, 0.4) is 0 Å². The molecular formula is C23H16BrNO6. The van der Waals surface area contributed by atoms with Crippen LogP contribution in [0.2, 0.25) is 0 Å². The third kappa shape index (κ3) is 5.64. The predicted molar refractivity (Wildman–Crippen MR) is 119 cm³/mol. The number of esters is 1. The van der Waals surface area contributed by atoms with Crippen molar-refractivity contribution in [3.63, 3.8) is 0 Å². The van der Waals surface area contributed by atoms with Crippen LogP contribution >= 0.6 is 15.9 Å². The lowest BCUT2D eigenvalue weighted by molar-refractivity contribution is -0.384. The van der Waals surface area contributed by atoms with Gasteiger partial charge in [0, 0.05) is 22.2 Å². The maximum atomic E-state index is 12.3. The number of halogens is 1. The molecule has 0 unspecified atom stereocenters. The summed E-state index contributed by atoms with van der Waals surface area (Å²) in [6.45, 7) is 0. The topological polar surface area (TPSA) is 95.7 Å².